The van der Waals surface area contributed by atoms with E-state index in [2.05, 4.69) is 12.6 Å². The molecule has 0 bridgehead atoms. The molecule has 5 heteroatoms. The van der Waals surface area contributed by atoms with Crippen LogP contribution in [0.3, 0.4) is 0 Å². The summed E-state index contributed by atoms with van der Waals surface area (Å²) in [6, 6.07) is 9.65. The van der Waals surface area contributed by atoms with Gasteiger partial charge in [0.2, 0.25) is 0 Å². The molecular formula is C20H17ClN2O2. The lowest BCUT2D eigenvalue weighted by atomic mass is 9.81. The number of nitrogens with zero attached hydrogens (tertiary/aromatic N) is 2. The lowest BCUT2D eigenvalue weighted by molar-refractivity contribution is -0.125. The average Bonchev–Trinajstić information content (AvgIpc) is 2.60. The number of Topliss-reactive ketones (excluding diaryl/α,β-unsaturated/α-hetero) is 1. The Balaban J connectivity index is 2.25. The molecule has 3 rings (SSSR count). The van der Waals surface area contributed by atoms with Gasteiger partial charge in [0.25, 0.3) is 0 Å². The van der Waals surface area contributed by atoms with Crippen LogP contribution in [0, 0.1) is 11.3 Å². The number of fused-ring (bicyclic) bond motifs is 1. The monoisotopic (exact) mass is 352 g/mol. The third-order valence-corrected chi connectivity index (χ3v) is 4.49. The quantitative estimate of drug-likeness (QED) is 0.772. The number of hydrogen-bond donors (Lipinski definition) is 0. The standard InChI is InChI=1S/C20H17ClN2O2/c1-3-7-23-12-14-9-18(24)19(25-2)10-16(14)20(17(23)11-22)13-5-4-6-15(21)8-13/h3-6,8,10,12,19H,1,7,9H2,2H3. The molecule has 126 valence electrons. The lowest BCUT2D eigenvalue weighted by Gasteiger charge is -2.33. The Labute approximate surface area is 152 Å². The van der Waals surface area contributed by atoms with Crippen LogP contribution in [0.15, 0.2) is 66.0 Å². The van der Waals surface area contributed by atoms with Gasteiger partial charge in [0.1, 0.15) is 17.9 Å². The summed E-state index contributed by atoms with van der Waals surface area (Å²) in [6.07, 6.45) is 5.02. The van der Waals surface area contributed by atoms with E-state index < -0.39 is 6.10 Å². The maximum atomic E-state index is 12.2. The molecule has 4 nitrogen and oxygen atoms in total. The molecule has 0 spiro atoms. The van der Waals surface area contributed by atoms with Gasteiger partial charge in [0.15, 0.2) is 5.78 Å². The van der Waals surface area contributed by atoms with Crippen molar-refractivity contribution in [3.8, 4) is 6.07 Å². The maximum absolute atomic E-state index is 12.2. The Hall–Kier alpha value is -2.61. The molecule has 0 fully saturated rings. The number of carbonyl (C=O) groups excluding carboxylic acids is 1. The minimum Gasteiger partial charge on any atom is -0.370 e. The third-order valence-electron chi connectivity index (χ3n) is 4.25. The van der Waals surface area contributed by atoms with Crippen molar-refractivity contribution in [2.24, 2.45) is 0 Å². The van der Waals surface area contributed by atoms with Gasteiger partial charge < -0.3 is 9.64 Å². The smallest absolute Gasteiger partial charge is 0.169 e. The number of rotatable bonds is 4. The summed E-state index contributed by atoms with van der Waals surface area (Å²) < 4.78 is 5.29. The molecule has 0 aromatic heterocycles. The number of carbonyl (C=O) groups is 1. The molecule has 1 aromatic carbocycles. The number of ether oxygens (including phenoxy) is 1. The van der Waals surface area contributed by atoms with Gasteiger partial charge in [-0.05, 0) is 34.9 Å². The Kier molecular flexibility index (Phi) is 4.89. The van der Waals surface area contributed by atoms with Crippen LogP contribution < -0.4 is 0 Å². The number of ketones is 1. The Bertz CT molecular complexity index is 874. The summed E-state index contributed by atoms with van der Waals surface area (Å²) in [4.78, 5) is 14.1. The molecular weight excluding hydrogens is 336 g/mol. The van der Waals surface area contributed by atoms with Crippen molar-refractivity contribution in [2.45, 2.75) is 12.5 Å². The summed E-state index contributed by atoms with van der Waals surface area (Å²) in [7, 11) is 1.51. The molecule has 0 N–H and O–H groups in total. The molecule has 2 aliphatic rings. The van der Waals surface area contributed by atoms with Gasteiger partial charge in [-0.1, -0.05) is 29.8 Å². The van der Waals surface area contributed by atoms with Crippen molar-refractivity contribution in [1.82, 2.24) is 4.90 Å². The number of allylic oxidation sites excluding steroid dienone is 4. The molecule has 1 aliphatic heterocycles. The van der Waals surface area contributed by atoms with Gasteiger partial charge >= 0.3 is 0 Å². The van der Waals surface area contributed by atoms with E-state index in [1.165, 1.54) is 7.11 Å². The van der Waals surface area contributed by atoms with E-state index in [4.69, 9.17) is 16.3 Å². The average molecular weight is 353 g/mol. The van der Waals surface area contributed by atoms with E-state index in [1.54, 1.807) is 18.2 Å². The molecule has 0 saturated carbocycles. The number of hydrogen-bond acceptors (Lipinski definition) is 4. The molecule has 0 amide bonds. The van der Waals surface area contributed by atoms with E-state index in [0.717, 1.165) is 22.3 Å². The van der Waals surface area contributed by atoms with Crippen LogP contribution in [0.5, 0.6) is 0 Å². The zero-order valence-electron chi connectivity index (χ0n) is 13.8. The molecule has 0 saturated heterocycles. The topological polar surface area (TPSA) is 53.3 Å². The van der Waals surface area contributed by atoms with E-state index >= 15 is 0 Å². The first kappa shape index (κ1) is 17.2. The van der Waals surface area contributed by atoms with E-state index in [-0.39, 0.29) is 12.2 Å². The van der Waals surface area contributed by atoms with Crippen LogP contribution in [0.2, 0.25) is 5.02 Å². The van der Waals surface area contributed by atoms with Gasteiger partial charge in [-0.3, -0.25) is 4.79 Å². The van der Waals surface area contributed by atoms with Gasteiger partial charge in [-0.25, -0.2) is 0 Å². The molecule has 1 unspecified atom stereocenters. The molecule has 25 heavy (non-hydrogen) atoms. The highest BCUT2D eigenvalue weighted by molar-refractivity contribution is 6.30. The summed E-state index contributed by atoms with van der Waals surface area (Å²) in [5.74, 6) is 0.00176. The van der Waals surface area contributed by atoms with Crippen molar-refractivity contribution < 1.29 is 9.53 Å². The predicted octanol–water partition coefficient (Wildman–Crippen LogP) is 3.87. The zero-order chi connectivity index (χ0) is 18.0. The Morgan fingerprint density at radius 1 is 1.52 bits per heavy atom. The molecule has 1 heterocycles. The number of methoxy groups -OCH3 is 1. The second-order valence-corrected chi connectivity index (χ2v) is 6.26. The first-order valence-corrected chi connectivity index (χ1v) is 8.23. The van der Waals surface area contributed by atoms with Crippen molar-refractivity contribution in [1.29, 1.82) is 5.26 Å². The summed E-state index contributed by atoms with van der Waals surface area (Å²) in [6.45, 7) is 4.23. The fourth-order valence-corrected chi connectivity index (χ4v) is 3.35. The maximum Gasteiger partial charge on any atom is 0.169 e. The van der Waals surface area contributed by atoms with Crippen molar-refractivity contribution in [2.75, 3.05) is 13.7 Å². The Morgan fingerprint density at radius 3 is 2.96 bits per heavy atom. The van der Waals surface area contributed by atoms with Gasteiger partial charge in [-0.2, -0.15) is 5.26 Å². The SMILES string of the molecule is C=CCN1C=C2CC(=O)C(OC)C=C2C(c2cccc(Cl)c2)=C1C#N. The van der Waals surface area contributed by atoms with Gasteiger partial charge in [0, 0.05) is 36.9 Å². The molecule has 1 aliphatic carbocycles. The van der Waals surface area contributed by atoms with E-state index in [1.807, 2.05) is 29.3 Å². The number of halogens is 1. The first-order valence-electron chi connectivity index (χ1n) is 7.85. The second kappa shape index (κ2) is 7.10. The highest BCUT2D eigenvalue weighted by Crippen LogP contribution is 2.41. The molecule has 1 aromatic rings. The number of benzene rings is 1. The fraction of sp³-hybridized carbons (Fsp3) is 0.200. The summed E-state index contributed by atoms with van der Waals surface area (Å²) >= 11 is 6.16. The van der Waals surface area contributed by atoms with E-state index in [9.17, 15) is 10.1 Å². The van der Waals surface area contributed by atoms with Crippen LogP contribution in [0.25, 0.3) is 5.57 Å². The molecule has 1 atom stereocenters. The highest BCUT2D eigenvalue weighted by Gasteiger charge is 2.33. The lowest BCUT2D eigenvalue weighted by Crippen LogP contribution is -2.30. The van der Waals surface area contributed by atoms with Gasteiger partial charge in [0.05, 0.1) is 0 Å². The zero-order valence-corrected chi connectivity index (χ0v) is 14.6. The van der Waals surface area contributed by atoms with Gasteiger partial charge in [-0.15, -0.1) is 6.58 Å². The van der Waals surface area contributed by atoms with Crippen LogP contribution in [0.1, 0.15) is 12.0 Å². The van der Waals surface area contributed by atoms with Crippen molar-refractivity contribution in [3.63, 3.8) is 0 Å². The summed E-state index contributed by atoms with van der Waals surface area (Å²) in [5, 5.41) is 10.4. The van der Waals surface area contributed by atoms with Crippen LogP contribution in [-0.4, -0.2) is 30.4 Å². The number of nitriles is 1. The largest absolute Gasteiger partial charge is 0.370 e. The third kappa shape index (κ3) is 3.17. The fourth-order valence-electron chi connectivity index (χ4n) is 3.16. The normalized spacial score (nSPS) is 19.8. The van der Waals surface area contributed by atoms with Crippen LogP contribution >= 0.6 is 11.6 Å². The summed E-state index contributed by atoms with van der Waals surface area (Å²) in [5.41, 5.74) is 3.82. The minimum absolute atomic E-state index is 0.00176. The highest BCUT2D eigenvalue weighted by atomic mass is 35.5. The first-order chi connectivity index (χ1) is 12.1. The van der Waals surface area contributed by atoms with Crippen LogP contribution in [-0.2, 0) is 9.53 Å². The second-order valence-electron chi connectivity index (χ2n) is 5.82. The van der Waals surface area contributed by atoms with E-state index in [0.29, 0.717) is 17.3 Å². The van der Waals surface area contributed by atoms with Crippen LogP contribution in [0.4, 0.5) is 0 Å². The van der Waals surface area contributed by atoms with Crippen molar-refractivity contribution in [3.05, 3.63) is 76.6 Å². The Morgan fingerprint density at radius 2 is 2.32 bits per heavy atom. The molecule has 0 radical (unpaired) electrons. The van der Waals surface area contributed by atoms with Crippen molar-refractivity contribution >= 4 is 23.0 Å². The predicted molar refractivity (Wildman–Crippen MR) is 97.5 cm³/mol. The minimum atomic E-state index is -0.604.